The minimum atomic E-state index is -0.653. The highest BCUT2D eigenvalue weighted by Gasteiger charge is 2.37. The maximum atomic E-state index is 12.4. The molecule has 0 atom stereocenters. The molecule has 4 nitrogen and oxygen atoms in total. The third-order valence-electron chi connectivity index (χ3n) is 3.73. The number of hydrogen-bond acceptors (Lipinski definition) is 3. The van der Waals surface area contributed by atoms with E-state index in [4.69, 9.17) is 29.6 Å². The van der Waals surface area contributed by atoms with Gasteiger partial charge in [0.2, 0.25) is 0 Å². The normalized spacial score (nSPS) is 17.4. The van der Waals surface area contributed by atoms with Crippen LogP contribution in [0.2, 0.25) is 5.02 Å². The maximum Gasteiger partial charge on any atom is 0.255 e. The third kappa shape index (κ3) is 3.04. The summed E-state index contributed by atoms with van der Waals surface area (Å²) in [5.74, 6) is -0.513. The summed E-state index contributed by atoms with van der Waals surface area (Å²) >= 11 is 11.0. The molecule has 0 bridgehead atoms. The number of phenols is 1. The molecule has 0 aromatic heterocycles. The van der Waals surface area contributed by atoms with Crippen molar-refractivity contribution in [2.24, 2.45) is 5.73 Å². The van der Waals surface area contributed by atoms with Crippen molar-refractivity contribution in [1.29, 1.82) is 0 Å². The standard InChI is InChI=1S/C14H17ClN2O2S/c15-9-4-5-11(18)10(8-9)12(19)17-14(13(16)20)6-2-1-3-7-14/h4-5,8,18H,1-3,6-7H2,(H2,16,20)(H,17,19). The molecule has 0 saturated heterocycles. The lowest BCUT2D eigenvalue weighted by Crippen LogP contribution is -2.57. The topological polar surface area (TPSA) is 75.3 Å². The molecule has 6 heteroatoms. The number of halogens is 1. The molecule has 2 rings (SSSR count). The van der Waals surface area contributed by atoms with Crippen LogP contribution in [-0.2, 0) is 0 Å². The first kappa shape index (κ1) is 15.1. The summed E-state index contributed by atoms with van der Waals surface area (Å²) in [5, 5.41) is 13.1. The van der Waals surface area contributed by atoms with Crippen molar-refractivity contribution in [2.75, 3.05) is 0 Å². The quantitative estimate of drug-likeness (QED) is 0.750. The van der Waals surface area contributed by atoms with E-state index in [0.717, 1.165) is 32.1 Å². The van der Waals surface area contributed by atoms with Gasteiger partial charge in [-0.3, -0.25) is 4.79 Å². The molecular weight excluding hydrogens is 296 g/mol. The number of rotatable bonds is 3. The van der Waals surface area contributed by atoms with Gasteiger partial charge in [0.1, 0.15) is 5.75 Å². The van der Waals surface area contributed by atoms with E-state index in [0.29, 0.717) is 10.0 Å². The van der Waals surface area contributed by atoms with Gasteiger partial charge >= 0.3 is 0 Å². The molecule has 1 aliphatic rings. The van der Waals surface area contributed by atoms with E-state index in [1.165, 1.54) is 18.2 Å². The van der Waals surface area contributed by atoms with E-state index in [2.05, 4.69) is 5.32 Å². The Kier molecular flexibility index (Phi) is 4.50. The van der Waals surface area contributed by atoms with Crippen molar-refractivity contribution in [3.63, 3.8) is 0 Å². The van der Waals surface area contributed by atoms with Crippen LogP contribution in [-0.4, -0.2) is 21.5 Å². The first-order valence-corrected chi connectivity index (χ1v) is 7.34. The van der Waals surface area contributed by atoms with Crippen molar-refractivity contribution >= 4 is 34.7 Å². The Morgan fingerprint density at radius 1 is 1.35 bits per heavy atom. The van der Waals surface area contributed by atoms with Gasteiger partial charge in [-0.05, 0) is 31.0 Å². The predicted molar refractivity (Wildman–Crippen MR) is 83.2 cm³/mol. The molecular formula is C14H17ClN2O2S. The highest BCUT2D eigenvalue weighted by Crippen LogP contribution is 2.30. The van der Waals surface area contributed by atoms with Gasteiger partial charge < -0.3 is 16.2 Å². The number of nitrogens with two attached hydrogens (primary N) is 1. The van der Waals surface area contributed by atoms with Crippen LogP contribution in [0.5, 0.6) is 5.75 Å². The second-order valence-corrected chi connectivity index (χ2v) is 6.00. The fraction of sp³-hybridized carbons (Fsp3) is 0.429. The Labute approximate surface area is 128 Å². The van der Waals surface area contributed by atoms with E-state index in [1.54, 1.807) is 0 Å². The van der Waals surface area contributed by atoms with Crippen LogP contribution in [0.25, 0.3) is 0 Å². The van der Waals surface area contributed by atoms with Crippen LogP contribution in [0.4, 0.5) is 0 Å². The highest BCUT2D eigenvalue weighted by molar-refractivity contribution is 7.80. The zero-order valence-corrected chi connectivity index (χ0v) is 12.6. The van der Waals surface area contributed by atoms with E-state index in [1.807, 2.05) is 0 Å². The second kappa shape index (κ2) is 5.97. The van der Waals surface area contributed by atoms with Gasteiger partial charge in [-0.2, -0.15) is 0 Å². The molecule has 108 valence electrons. The van der Waals surface area contributed by atoms with E-state index in [9.17, 15) is 9.90 Å². The Hall–Kier alpha value is -1.33. The average Bonchev–Trinajstić information content (AvgIpc) is 2.42. The lowest BCUT2D eigenvalue weighted by Gasteiger charge is -2.37. The van der Waals surface area contributed by atoms with Gasteiger partial charge in [0, 0.05) is 5.02 Å². The lowest BCUT2D eigenvalue weighted by atomic mass is 9.81. The molecule has 1 aromatic rings. The van der Waals surface area contributed by atoms with Gasteiger partial charge in [0.15, 0.2) is 0 Å². The van der Waals surface area contributed by atoms with Gasteiger partial charge in [-0.25, -0.2) is 0 Å². The highest BCUT2D eigenvalue weighted by atomic mass is 35.5. The molecule has 0 unspecified atom stereocenters. The van der Waals surface area contributed by atoms with Crippen molar-refractivity contribution in [2.45, 2.75) is 37.6 Å². The maximum absolute atomic E-state index is 12.4. The van der Waals surface area contributed by atoms with Gasteiger partial charge in [0.05, 0.1) is 16.1 Å². The SMILES string of the molecule is NC(=S)C1(NC(=O)c2cc(Cl)ccc2O)CCCCC1. The molecule has 0 spiro atoms. The Morgan fingerprint density at radius 2 is 2.00 bits per heavy atom. The van der Waals surface area contributed by atoms with Crippen LogP contribution < -0.4 is 11.1 Å². The fourth-order valence-electron chi connectivity index (χ4n) is 2.56. The average molecular weight is 313 g/mol. The second-order valence-electron chi connectivity index (χ2n) is 5.12. The zero-order chi connectivity index (χ0) is 14.8. The molecule has 1 amide bonds. The molecule has 0 radical (unpaired) electrons. The molecule has 0 heterocycles. The van der Waals surface area contributed by atoms with Crippen molar-refractivity contribution < 1.29 is 9.90 Å². The summed E-state index contributed by atoms with van der Waals surface area (Å²) in [4.78, 5) is 12.6. The van der Waals surface area contributed by atoms with Crippen molar-refractivity contribution in [3.8, 4) is 5.75 Å². The van der Waals surface area contributed by atoms with Crippen molar-refractivity contribution in [1.82, 2.24) is 5.32 Å². The number of hydrogen-bond donors (Lipinski definition) is 3. The Morgan fingerprint density at radius 3 is 2.60 bits per heavy atom. The number of carbonyl (C=O) groups is 1. The molecule has 20 heavy (non-hydrogen) atoms. The minimum absolute atomic E-state index is 0.110. The Bertz CT molecular complexity index is 542. The van der Waals surface area contributed by atoms with Crippen LogP contribution in [0.1, 0.15) is 42.5 Å². The summed E-state index contributed by atoms with van der Waals surface area (Å²) < 4.78 is 0. The number of amides is 1. The van der Waals surface area contributed by atoms with E-state index < -0.39 is 11.4 Å². The smallest absolute Gasteiger partial charge is 0.255 e. The fourth-order valence-corrected chi connectivity index (χ4v) is 2.99. The van der Waals surface area contributed by atoms with Crippen LogP contribution in [0.3, 0.4) is 0 Å². The van der Waals surface area contributed by atoms with Crippen LogP contribution in [0.15, 0.2) is 18.2 Å². The predicted octanol–water partition coefficient (Wildman–Crippen LogP) is 2.76. The van der Waals surface area contributed by atoms with Gasteiger partial charge in [-0.15, -0.1) is 0 Å². The number of carbonyl (C=O) groups excluding carboxylic acids is 1. The number of benzene rings is 1. The molecule has 1 aromatic carbocycles. The summed E-state index contributed by atoms with van der Waals surface area (Å²) in [5.41, 5.74) is 5.31. The van der Waals surface area contributed by atoms with Crippen molar-refractivity contribution in [3.05, 3.63) is 28.8 Å². The number of aromatic hydroxyl groups is 1. The molecule has 1 fully saturated rings. The van der Waals surface area contributed by atoms with E-state index >= 15 is 0 Å². The largest absolute Gasteiger partial charge is 0.507 e. The number of phenolic OH excluding ortho intramolecular Hbond substituents is 1. The number of thiocarbonyl (C=S) groups is 1. The zero-order valence-electron chi connectivity index (χ0n) is 11.0. The molecule has 0 aliphatic heterocycles. The first-order valence-electron chi connectivity index (χ1n) is 6.55. The summed E-state index contributed by atoms with van der Waals surface area (Å²) in [6.45, 7) is 0. The summed E-state index contributed by atoms with van der Waals surface area (Å²) in [6, 6.07) is 4.35. The lowest BCUT2D eigenvalue weighted by molar-refractivity contribution is 0.0905. The minimum Gasteiger partial charge on any atom is -0.507 e. The Balaban J connectivity index is 2.24. The number of nitrogens with one attached hydrogen (secondary N) is 1. The van der Waals surface area contributed by atoms with Gasteiger partial charge in [0.25, 0.3) is 5.91 Å². The van der Waals surface area contributed by atoms with Crippen LogP contribution >= 0.6 is 23.8 Å². The first-order chi connectivity index (χ1) is 9.44. The molecule has 1 aliphatic carbocycles. The molecule has 4 N–H and O–H groups in total. The third-order valence-corrected chi connectivity index (χ3v) is 4.36. The van der Waals surface area contributed by atoms with Gasteiger partial charge in [-0.1, -0.05) is 43.1 Å². The summed E-state index contributed by atoms with van der Waals surface area (Å²) in [7, 11) is 0. The monoisotopic (exact) mass is 312 g/mol. The summed E-state index contributed by atoms with van der Waals surface area (Å²) in [6.07, 6.45) is 4.52. The van der Waals surface area contributed by atoms with E-state index in [-0.39, 0.29) is 11.3 Å². The van der Waals surface area contributed by atoms with Crippen LogP contribution in [0, 0.1) is 0 Å². The molecule has 1 saturated carbocycles.